The van der Waals surface area contributed by atoms with Crippen LogP contribution in [0, 0.1) is 3.57 Å². The van der Waals surface area contributed by atoms with Crippen molar-refractivity contribution >= 4 is 40.2 Å². The summed E-state index contributed by atoms with van der Waals surface area (Å²) in [6.45, 7) is 0.580. The van der Waals surface area contributed by atoms with Crippen molar-refractivity contribution in [2.45, 2.75) is 25.4 Å². The monoisotopic (exact) mass is 375 g/mol. The van der Waals surface area contributed by atoms with Crippen LogP contribution in [0.5, 0.6) is 0 Å². The molecule has 2 rings (SSSR count). The molecular weight excluding hydrogens is 361 g/mol. The largest absolute Gasteiger partial charge is 0.478 e. The first kappa shape index (κ1) is 14.3. The van der Waals surface area contributed by atoms with E-state index in [4.69, 9.17) is 9.84 Å². The zero-order valence-corrected chi connectivity index (χ0v) is 12.3. The molecule has 6 heteroatoms. The third-order valence-electron chi connectivity index (χ3n) is 2.94. The zero-order valence-electron chi connectivity index (χ0n) is 10.2. The van der Waals surface area contributed by atoms with Gasteiger partial charge in [0.25, 0.3) is 5.91 Å². The maximum Gasteiger partial charge on any atom is 0.337 e. The van der Waals surface area contributed by atoms with E-state index in [0.29, 0.717) is 18.7 Å². The third kappa shape index (κ3) is 3.66. The van der Waals surface area contributed by atoms with E-state index in [-0.39, 0.29) is 11.5 Å². The smallest absolute Gasteiger partial charge is 0.337 e. The summed E-state index contributed by atoms with van der Waals surface area (Å²) >= 11 is 2.03. The number of carbonyl (C=O) groups is 2. The van der Waals surface area contributed by atoms with Crippen LogP contribution in [0.4, 0.5) is 5.69 Å². The number of benzene rings is 1. The van der Waals surface area contributed by atoms with Gasteiger partial charge in [0.15, 0.2) is 0 Å². The van der Waals surface area contributed by atoms with Crippen LogP contribution >= 0.6 is 22.6 Å². The van der Waals surface area contributed by atoms with Gasteiger partial charge in [0.05, 0.1) is 11.3 Å². The number of carboxylic acid groups (broad SMARTS) is 1. The van der Waals surface area contributed by atoms with E-state index in [0.717, 1.165) is 16.4 Å². The second kappa shape index (κ2) is 6.33. The molecule has 0 bridgehead atoms. The Bertz CT molecular complexity index is 497. The maximum atomic E-state index is 12.0. The van der Waals surface area contributed by atoms with E-state index < -0.39 is 12.1 Å². The molecule has 1 atom stereocenters. The van der Waals surface area contributed by atoms with Crippen LogP contribution in [0.15, 0.2) is 18.2 Å². The molecule has 19 heavy (non-hydrogen) atoms. The van der Waals surface area contributed by atoms with Crippen LogP contribution in [-0.4, -0.2) is 29.7 Å². The summed E-state index contributed by atoms with van der Waals surface area (Å²) in [5.74, 6) is -1.33. The number of aromatic carboxylic acids is 1. The van der Waals surface area contributed by atoms with Crippen LogP contribution < -0.4 is 5.32 Å². The van der Waals surface area contributed by atoms with Gasteiger partial charge in [0.2, 0.25) is 0 Å². The number of anilines is 1. The SMILES string of the molecule is O=C(O)c1cc(I)ccc1NC(=O)C1CCCCO1. The zero-order chi connectivity index (χ0) is 13.8. The number of rotatable bonds is 3. The lowest BCUT2D eigenvalue weighted by Crippen LogP contribution is -2.33. The molecular formula is C13H14INO4. The molecule has 1 aromatic carbocycles. The van der Waals surface area contributed by atoms with Crippen molar-refractivity contribution < 1.29 is 19.4 Å². The van der Waals surface area contributed by atoms with Gasteiger partial charge in [0.1, 0.15) is 6.10 Å². The second-order valence-corrected chi connectivity index (χ2v) is 5.59. The fourth-order valence-electron chi connectivity index (χ4n) is 1.96. The van der Waals surface area contributed by atoms with E-state index in [9.17, 15) is 9.59 Å². The van der Waals surface area contributed by atoms with E-state index in [1.165, 1.54) is 6.07 Å². The Kier molecular flexibility index (Phi) is 4.76. The van der Waals surface area contributed by atoms with E-state index in [2.05, 4.69) is 5.32 Å². The highest BCUT2D eigenvalue weighted by Gasteiger charge is 2.23. The highest BCUT2D eigenvalue weighted by atomic mass is 127. The fraction of sp³-hybridized carbons (Fsp3) is 0.385. The van der Waals surface area contributed by atoms with Crippen molar-refractivity contribution in [2.75, 3.05) is 11.9 Å². The Morgan fingerprint density at radius 1 is 1.37 bits per heavy atom. The topological polar surface area (TPSA) is 75.6 Å². The Hall–Kier alpha value is -1.15. The first-order chi connectivity index (χ1) is 9.08. The molecule has 1 heterocycles. The van der Waals surface area contributed by atoms with Gasteiger partial charge in [-0.2, -0.15) is 0 Å². The van der Waals surface area contributed by atoms with Crippen molar-refractivity contribution in [3.05, 3.63) is 27.3 Å². The Labute approximate surface area is 124 Å². The minimum atomic E-state index is -1.06. The number of ether oxygens (including phenoxy) is 1. The molecule has 0 saturated carbocycles. The highest BCUT2D eigenvalue weighted by Crippen LogP contribution is 2.21. The van der Waals surface area contributed by atoms with Crippen LogP contribution in [0.1, 0.15) is 29.6 Å². The van der Waals surface area contributed by atoms with Crippen LogP contribution in [0.3, 0.4) is 0 Å². The van der Waals surface area contributed by atoms with Crippen molar-refractivity contribution in [1.82, 2.24) is 0 Å². The number of carboxylic acids is 1. The minimum Gasteiger partial charge on any atom is -0.478 e. The quantitative estimate of drug-likeness (QED) is 0.797. The number of hydrogen-bond donors (Lipinski definition) is 2. The highest BCUT2D eigenvalue weighted by molar-refractivity contribution is 14.1. The van der Waals surface area contributed by atoms with Crippen LogP contribution in [0.2, 0.25) is 0 Å². The predicted molar refractivity (Wildman–Crippen MR) is 78.3 cm³/mol. The Morgan fingerprint density at radius 2 is 2.16 bits per heavy atom. The van der Waals surface area contributed by atoms with Gasteiger partial charge in [-0.25, -0.2) is 4.79 Å². The molecule has 1 saturated heterocycles. The molecule has 5 nitrogen and oxygen atoms in total. The predicted octanol–water partition coefficient (Wildman–Crippen LogP) is 2.50. The molecule has 0 radical (unpaired) electrons. The third-order valence-corrected chi connectivity index (χ3v) is 3.61. The summed E-state index contributed by atoms with van der Waals surface area (Å²) in [5.41, 5.74) is 0.406. The lowest BCUT2D eigenvalue weighted by Gasteiger charge is -2.22. The number of halogens is 1. The maximum absolute atomic E-state index is 12.0. The van der Waals surface area contributed by atoms with E-state index >= 15 is 0 Å². The van der Waals surface area contributed by atoms with Gasteiger partial charge in [-0.15, -0.1) is 0 Å². The molecule has 0 aromatic heterocycles. The first-order valence-corrected chi connectivity index (χ1v) is 7.11. The van der Waals surface area contributed by atoms with Crippen molar-refractivity contribution in [2.24, 2.45) is 0 Å². The lowest BCUT2D eigenvalue weighted by molar-refractivity contribution is -0.129. The fourth-order valence-corrected chi connectivity index (χ4v) is 2.45. The summed E-state index contributed by atoms with van der Waals surface area (Å²) in [5, 5.41) is 11.8. The Balaban J connectivity index is 2.13. The van der Waals surface area contributed by atoms with Crippen molar-refractivity contribution in [3.8, 4) is 0 Å². The molecule has 1 fully saturated rings. The number of nitrogens with one attached hydrogen (secondary N) is 1. The van der Waals surface area contributed by atoms with E-state index in [1.54, 1.807) is 12.1 Å². The van der Waals surface area contributed by atoms with Gasteiger partial charge < -0.3 is 15.2 Å². The number of hydrogen-bond acceptors (Lipinski definition) is 3. The average Bonchev–Trinajstić information content (AvgIpc) is 2.41. The summed E-state index contributed by atoms with van der Waals surface area (Å²) in [4.78, 5) is 23.1. The molecule has 1 aliphatic rings. The molecule has 2 N–H and O–H groups in total. The molecule has 1 aliphatic heterocycles. The van der Waals surface area contributed by atoms with E-state index in [1.807, 2.05) is 22.6 Å². The molecule has 0 aliphatic carbocycles. The summed E-state index contributed by atoms with van der Waals surface area (Å²) < 4.78 is 6.18. The summed E-state index contributed by atoms with van der Waals surface area (Å²) in [6, 6.07) is 4.89. The van der Waals surface area contributed by atoms with Gasteiger partial charge in [-0.3, -0.25) is 4.79 Å². The summed E-state index contributed by atoms with van der Waals surface area (Å²) in [6.07, 6.45) is 2.12. The van der Waals surface area contributed by atoms with Gasteiger partial charge >= 0.3 is 5.97 Å². The molecule has 102 valence electrons. The van der Waals surface area contributed by atoms with Crippen LogP contribution in [-0.2, 0) is 9.53 Å². The van der Waals surface area contributed by atoms with Crippen molar-refractivity contribution in [1.29, 1.82) is 0 Å². The summed E-state index contributed by atoms with van der Waals surface area (Å²) in [7, 11) is 0. The number of amides is 1. The second-order valence-electron chi connectivity index (χ2n) is 4.34. The van der Waals surface area contributed by atoms with Crippen molar-refractivity contribution in [3.63, 3.8) is 0 Å². The average molecular weight is 375 g/mol. The molecule has 1 aromatic rings. The van der Waals surface area contributed by atoms with Gasteiger partial charge in [-0.1, -0.05) is 0 Å². The van der Waals surface area contributed by atoms with Crippen LogP contribution in [0.25, 0.3) is 0 Å². The standard InChI is InChI=1S/C13H14INO4/c14-8-4-5-10(9(7-8)13(17)18)15-12(16)11-3-1-2-6-19-11/h4-5,7,11H,1-3,6H2,(H,15,16)(H,17,18). The Morgan fingerprint density at radius 3 is 2.79 bits per heavy atom. The van der Waals surface area contributed by atoms with Gasteiger partial charge in [0, 0.05) is 10.2 Å². The minimum absolute atomic E-state index is 0.0936. The molecule has 1 unspecified atom stereocenters. The number of carbonyl (C=O) groups excluding carboxylic acids is 1. The molecule has 1 amide bonds. The van der Waals surface area contributed by atoms with Gasteiger partial charge in [-0.05, 0) is 60.1 Å². The first-order valence-electron chi connectivity index (χ1n) is 6.03. The molecule has 0 spiro atoms. The normalized spacial score (nSPS) is 18.9. The lowest BCUT2D eigenvalue weighted by atomic mass is 10.1.